The highest BCUT2D eigenvalue weighted by atomic mass is 35.5. The van der Waals surface area contributed by atoms with Crippen LogP contribution in [0.3, 0.4) is 0 Å². The Kier molecular flexibility index (Phi) is 4.04. The molecule has 0 amide bonds. The number of halogens is 1. The van der Waals surface area contributed by atoms with Crippen molar-refractivity contribution in [2.24, 2.45) is 0 Å². The van der Waals surface area contributed by atoms with Crippen molar-refractivity contribution in [1.82, 2.24) is 20.3 Å². The summed E-state index contributed by atoms with van der Waals surface area (Å²) < 4.78 is 7.24. The number of fused-ring (bicyclic) bond motifs is 1. The maximum atomic E-state index is 5.19. The molecule has 3 rings (SSSR count). The van der Waals surface area contributed by atoms with Crippen LogP contribution in [-0.4, -0.2) is 35.2 Å². The van der Waals surface area contributed by atoms with Crippen molar-refractivity contribution in [1.29, 1.82) is 0 Å². The second-order valence-corrected chi connectivity index (χ2v) is 4.37. The van der Waals surface area contributed by atoms with Gasteiger partial charge in [0.15, 0.2) is 0 Å². The molecule has 2 heterocycles. The Morgan fingerprint density at radius 1 is 1.33 bits per heavy atom. The average Bonchev–Trinajstić information content (AvgIpc) is 2.82. The minimum atomic E-state index is 0. The van der Waals surface area contributed by atoms with E-state index in [0.717, 1.165) is 42.7 Å². The molecule has 1 aliphatic heterocycles. The van der Waals surface area contributed by atoms with Crippen molar-refractivity contribution < 1.29 is 4.74 Å². The first-order valence-electron chi connectivity index (χ1n) is 5.98. The largest absolute Gasteiger partial charge is 0.497 e. The molecule has 0 spiro atoms. The summed E-state index contributed by atoms with van der Waals surface area (Å²) in [5, 5.41) is 11.9. The highest BCUT2D eigenvalue weighted by molar-refractivity contribution is 5.85. The zero-order valence-corrected chi connectivity index (χ0v) is 11.1. The van der Waals surface area contributed by atoms with Crippen LogP contribution in [-0.2, 0) is 0 Å². The van der Waals surface area contributed by atoms with Gasteiger partial charge in [-0.05, 0) is 38.1 Å². The number of hydrogen-bond donors (Lipinski definition) is 1. The molecule has 0 atom stereocenters. The van der Waals surface area contributed by atoms with E-state index in [2.05, 4.69) is 20.3 Å². The van der Waals surface area contributed by atoms with E-state index < -0.39 is 0 Å². The first-order valence-corrected chi connectivity index (χ1v) is 5.98. The van der Waals surface area contributed by atoms with Crippen LogP contribution in [0.2, 0.25) is 0 Å². The zero-order chi connectivity index (χ0) is 11.7. The predicted octanol–water partition coefficient (Wildman–Crippen LogP) is 1.79. The van der Waals surface area contributed by atoms with Crippen LogP contribution in [0.25, 0.3) is 11.0 Å². The molecule has 1 aromatic carbocycles. The SMILES string of the molecule is COc1ccc2c(c1)nnn2C1CCNCC1.Cl. The quantitative estimate of drug-likeness (QED) is 0.902. The molecule has 0 saturated carbocycles. The summed E-state index contributed by atoms with van der Waals surface area (Å²) in [4.78, 5) is 0. The van der Waals surface area contributed by atoms with Crippen LogP contribution in [0.1, 0.15) is 18.9 Å². The first kappa shape index (κ1) is 13.1. The molecule has 1 saturated heterocycles. The van der Waals surface area contributed by atoms with E-state index in [-0.39, 0.29) is 12.4 Å². The van der Waals surface area contributed by atoms with Gasteiger partial charge in [0.2, 0.25) is 0 Å². The molecular weight excluding hydrogens is 252 g/mol. The normalized spacial score (nSPS) is 16.5. The molecule has 6 heteroatoms. The Morgan fingerprint density at radius 3 is 2.83 bits per heavy atom. The summed E-state index contributed by atoms with van der Waals surface area (Å²) in [5.74, 6) is 0.829. The third kappa shape index (κ3) is 2.28. The maximum Gasteiger partial charge on any atom is 0.121 e. The van der Waals surface area contributed by atoms with Gasteiger partial charge in [-0.1, -0.05) is 5.21 Å². The van der Waals surface area contributed by atoms with Gasteiger partial charge in [0, 0.05) is 6.07 Å². The highest BCUT2D eigenvalue weighted by Gasteiger charge is 2.18. The topological polar surface area (TPSA) is 52.0 Å². The fourth-order valence-corrected chi connectivity index (χ4v) is 2.37. The van der Waals surface area contributed by atoms with Crippen LogP contribution < -0.4 is 10.1 Å². The Bertz CT molecular complexity index is 522. The van der Waals surface area contributed by atoms with Gasteiger partial charge >= 0.3 is 0 Å². The van der Waals surface area contributed by atoms with E-state index in [0.29, 0.717) is 6.04 Å². The molecule has 1 aliphatic rings. The van der Waals surface area contributed by atoms with Crippen molar-refractivity contribution in [3.8, 4) is 5.75 Å². The predicted molar refractivity (Wildman–Crippen MR) is 72.5 cm³/mol. The van der Waals surface area contributed by atoms with Gasteiger partial charge in [-0.15, -0.1) is 17.5 Å². The van der Waals surface area contributed by atoms with Gasteiger partial charge in [-0.3, -0.25) is 0 Å². The van der Waals surface area contributed by atoms with Gasteiger partial charge in [-0.25, -0.2) is 4.68 Å². The minimum Gasteiger partial charge on any atom is -0.497 e. The van der Waals surface area contributed by atoms with Gasteiger partial charge in [0.05, 0.1) is 18.7 Å². The number of nitrogens with one attached hydrogen (secondary N) is 1. The maximum absolute atomic E-state index is 5.19. The third-order valence-electron chi connectivity index (χ3n) is 3.33. The number of nitrogens with zero attached hydrogens (tertiary/aromatic N) is 3. The lowest BCUT2D eigenvalue weighted by Crippen LogP contribution is -2.29. The fraction of sp³-hybridized carbons (Fsp3) is 0.500. The van der Waals surface area contributed by atoms with E-state index in [1.54, 1.807) is 7.11 Å². The Morgan fingerprint density at radius 2 is 2.11 bits per heavy atom. The smallest absolute Gasteiger partial charge is 0.121 e. The molecule has 5 nitrogen and oxygen atoms in total. The first-order chi connectivity index (χ1) is 8.38. The number of methoxy groups -OCH3 is 1. The number of benzene rings is 1. The van der Waals surface area contributed by atoms with E-state index >= 15 is 0 Å². The molecule has 0 bridgehead atoms. The lowest BCUT2D eigenvalue weighted by atomic mass is 10.1. The molecule has 1 fully saturated rings. The third-order valence-corrected chi connectivity index (χ3v) is 3.33. The van der Waals surface area contributed by atoms with Crippen LogP contribution in [0.15, 0.2) is 18.2 Å². The molecule has 1 N–H and O–H groups in total. The number of hydrogen-bond acceptors (Lipinski definition) is 4. The lowest BCUT2D eigenvalue weighted by Gasteiger charge is -2.22. The second-order valence-electron chi connectivity index (χ2n) is 4.37. The second kappa shape index (κ2) is 5.54. The molecule has 18 heavy (non-hydrogen) atoms. The molecule has 1 aromatic heterocycles. The van der Waals surface area contributed by atoms with Crippen molar-refractivity contribution in [2.45, 2.75) is 18.9 Å². The molecular formula is C12H17ClN4O. The van der Waals surface area contributed by atoms with Crippen LogP contribution in [0, 0.1) is 0 Å². The Balaban J connectivity index is 0.00000120. The van der Waals surface area contributed by atoms with Crippen LogP contribution in [0.5, 0.6) is 5.75 Å². The molecule has 0 aliphatic carbocycles. The standard InChI is InChI=1S/C12H16N4O.ClH/c1-17-10-2-3-12-11(8-10)14-15-16(12)9-4-6-13-7-5-9;/h2-3,8-9,13H,4-7H2,1H3;1H. The van der Waals surface area contributed by atoms with Gasteiger partial charge in [0.25, 0.3) is 0 Å². The molecule has 98 valence electrons. The van der Waals surface area contributed by atoms with Crippen molar-refractivity contribution in [3.63, 3.8) is 0 Å². The van der Waals surface area contributed by atoms with Gasteiger partial charge in [-0.2, -0.15) is 0 Å². The lowest BCUT2D eigenvalue weighted by molar-refractivity contribution is 0.345. The highest BCUT2D eigenvalue weighted by Crippen LogP contribution is 2.24. The van der Waals surface area contributed by atoms with E-state index in [1.165, 1.54) is 0 Å². The summed E-state index contributed by atoms with van der Waals surface area (Å²) in [5.41, 5.74) is 2.00. The number of aromatic nitrogens is 3. The summed E-state index contributed by atoms with van der Waals surface area (Å²) >= 11 is 0. The van der Waals surface area contributed by atoms with E-state index in [1.807, 2.05) is 18.2 Å². The summed E-state index contributed by atoms with van der Waals surface area (Å²) in [6, 6.07) is 6.40. The van der Waals surface area contributed by atoms with E-state index in [4.69, 9.17) is 4.74 Å². The summed E-state index contributed by atoms with van der Waals surface area (Å²) in [7, 11) is 1.67. The summed E-state index contributed by atoms with van der Waals surface area (Å²) in [6.07, 6.45) is 2.23. The minimum absolute atomic E-state index is 0. The molecule has 0 radical (unpaired) electrons. The van der Waals surface area contributed by atoms with E-state index in [9.17, 15) is 0 Å². The van der Waals surface area contributed by atoms with Crippen molar-refractivity contribution in [3.05, 3.63) is 18.2 Å². The van der Waals surface area contributed by atoms with Crippen molar-refractivity contribution in [2.75, 3.05) is 20.2 Å². The van der Waals surface area contributed by atoms with Crippen LogP contribution >= 0.6 is 12.4 Å². The number of piperidine rings is 1. The Labute approximate surface area is 112 Å². The number of rotatable bonds is 2. The monoisotopic (exact) mass is 268 g/mol. The van der Waals surface area contributed by atoms with Gasteiger partial charge < -0.3 is 10.1 Å². The molecule has 0 unspecified atom stereocenters. The van der Waals surface area contributed by atoms with Crippen molar-refractivity contribution >= 4 is 23.4 Å². The number of ether oxygens (including phenoxy) is 1. The molecule has 2 aromatic rings. The average molecular weight is 269 g/mol. The summed E-state index contributed by atoms with van der Waals surface area (Å²) in [6.45, 7) is 2.12. The fourth-order valence-electron chi connectivity index (χ4n) is 2.37. The zero-order valence-electron chi connectivity index (χ0n) is 10.3. The van der Waals surface area contributed by atoms with Crippen LogP contribution in [0.4, 0.5) is 0 Å². The Hall–Kier alpha value is -1.33. The van der Waals surface area contributed by atoms with Gasteiger partial charge in [0.1, 0.15) is 11.3 Å².